The number of hydrogen-bond acceptors (Lipinski definition) is 2. The standard InChI is InChI=1S/C17H29NO/c1-4-6-16-7-9-17(10-8-16)11-12-18(3)13-15(5-2)14-19/h7-10,15,19H,4-6,11-14H2,1-3H3. The van der Waals surface area contributed by atoms with E-state index >= 15 is 0 Å². The summed E-state index contributed by atoms with van der Waals surface area (Å²) in [7, 11) is 2.14. The summed E-state index contributed by atoms with van der Waals surface area (Å²) in [4.78, 5) is 2.32. The van der Waals surface area contributed by atoms with Gasteiger partial charge in [0.15, 0.2) is 0 Å². The molecule has 2 nitrogen and oxygen atoms in total. The van der Waals surface area contributed by atoms with Crippen molar-refractivity contribution in [3.05, 3.63) is 35.4 Å². The molecular weight excluding hydrogens is 234 g/mol. The Morgan fingerprint density at radius 1 is 1.05 bits per heavy atom. The summed E-state index contributed by atoms with van der Waals surface area (Å²) in [5.74, 6) is 0.414. The molecule has 19 heavy (non-hydrogen) atoms. The number of aryl methyl sites for hydroxylation is 1. The highest BCUT2D eigenvalue weighted by molar-refractivity contribution is 5.22. The molecule has 0 saturated heterocycles. The first kappa shape index (κ1) is 16.2. The zero-order chi connectivity index (χ0) is 14.1. The van der Waals surface area contributed by atoms with Crippen molar-refractivity contribution in [2.75, 3.05) is 26.7 Å². The van der Waals surface area contributed by atoms with Crippen LogP contribution in [0.3, 0.4) is 0 Å². The van der Waals surface area contributed by atoms with E-state index in [9.17, 15) is 5.11 Å². The fourth-order valence-electron chi connectivity index (χ4n) is 2.33. The largest absolute Gasteiger partial charge is 0.396 e. The number of likely N-dealkylation sites (N-methyl/N-ethyl adjacent to an activating group) is 1. The van der Waals surface area contributed by atoms with Crippen LogP contribution in [0.1, 0.15) is 37.8 Å². The van der Waals surface area contributed by atoms with Crippen LogP contribution < -0.4 is 0 Å². The summed E-state index contributed by atoms with van der Waals surface area (Å²) >= 11 is 0. The Kier molecular flexibility index (Phi) is 7.76. The van der Waals surface area contributed by atoms with Gasteiger partial charge in [0.1, 0.15) is 0 Å². The van der Waals surface area contributed by atoms with E-state index in [2.05, 4.69) is 50.1 Å². The van der Waals surface area contributed by atoms with Crippen molar-refractivity contribution >= 4 is 0 Å². The molecule has 2 heteroatoms. The molecule has 1 rings (SSSR count). The van der Waals surface area contributed by atoms with E-state index in [-0.39, 0.29) is 0 Å². The van der Waals surface area contributed by atoms with Crippen LogP contribution in [0.5, 0.6) is 0 Å². The van der Waals surface area contributed by atoms with Crippen LogP contribution in [0.15, 0.2) is 24.3 Å². The number of benzene rings is 1. The first-order valence-electron chi connectivity index (χ1n) is 7.56. The minimum Gasteiger partial charge on any atom is -0.396 e. The number of aliphatic hydroxyl groups excluding tert-OH is 1. The van der Waals surface area contributed by atoms with Gasteiger partial charge >= 0.3 is 0 Å². The average molecular weight is 263 g/mol. The molecule has 108 valence electrons. The maximum Gasteiger partial charge on any atom is 0.0471 e. The highest BCUT2D eigenvalue weighted by Gasteiger charge is 2.08. The van der Waals surface area contributed by atoms with E-state index in [0.717, 1.165) is 25.9 Å². The van der Waals surface area contributed by atoms with E-state index in [1.807, 2.05) is 0 Å². The highest BCUT2D eigenvalue weighted by Crippen LogP contribution is 2.09. The van der Waals surface area contributed by atoms with Crippen LogP contribution >= 0.6 is 0 Å². The topological polar surface area (TPSA) is 23.5 Å². The third-order valence-electron chi connectivity index (χ3n) is 3.75. The SMILES string of the molecule is CCCc1ccc(CCN(C)CC(CC)CO)cc1. The van der Waals surface area contributed by atoms with Gasteiger partial charge in [-0.1, -0.05) is 44.5 Å². The smallest absolute Gasteiger partial charge is 0.0471 e. The lowest BCUT2D eigenvalue weighted by Crippen LogP contribution is -2.29. The number of nitrogens with zero attached hydrogens (tertiary/aromatic N) is 1. The van der Waals surface area contributed by atoms with E-state index in [0.29, 0.717) is 12.5 Å². The van der Waals surface area contributed by atoms with Crippen molar-refractivity contribution in [3.63, 3.8) is 0 Å². The first-order valence-corrected chi connectivity index (χ1v) is 7.56. The summed E-state index contributed by atoms with van der Waals surface area (Å²) in [6.45, 7) is 6.70. The summed E-state index contributed by atoms with van der Waals surface area (Å²) in [5.41, 5.74) is 2.84. The van der Waals surface area contributed by atoms with Gasteiger partial charge in [0.05, 0.1) is 0 Å². The molecule has 0 aliphatic heterocycles. The van der Waals surface area contributed by atoms with Crippen LogP contribution in [0.4, 0.5) is 0 Å². The minimum atomic E-state index is 0.298. The second-order valence-electron chi connectivity index (χ2n) is 5.54. The van der Waals surface area contributed by atoms with Crippen molar-refractivity contribution in [2.24, 2.45) is 5.92 Å². The molecule has 0 heterocycles. The molecule has 0 spiro atoms. The molecule has 0 fully saturated rings. The molecule has 1 atom stereocenters. The molecule has 1 aromatic rings. The second kappa shape index (κ2) is 9.11. The third-order valence-corrected chi connectivity index (χ3v) is 3.75. The predicted octanol–water partition coefficient (Wildman–Crippen LogP) is 3.13. The molecule has 0 aliphatic rings. The monoisotopic (exact) mass is 263 g/mol. The minimum absolute atomic E-state index is 0.298. The van der Waals surface area contributed by atoms with Gasteiger partial charge in [0.25, 0.3) is 0 Å². The van der Waals surface area contributed by atoms with Crippen LogP contribution in [0, 0.1) is 5.92 Å². The Balaban J connectivity index is 2.35. The first-order chi connectivity index (χ1) is 9.19. The van der Waals surface area contributed by atoms with Crippen LogP contribution in [-0.4, -0.2) is 36.8 Å². The van der Waals surface area contributed by atoms with E-state index < -0.39 is 0 Å². The zero-order valence-electron chi connectivity index (χ0n) is 12.7. The molecule has 0 amide bonds. The van der Waals surface area contributed by atoms with Gasteiger partial charge in [-0.15, -0.1) is 0 Å². The Hall–Kier alpha value is -0.860. The molecule has 0 radical (unpaired) electrons. The Morgan fingerprint density at radius 3 is 2.11 bits per heavy atom. The molecule has 0 saturated carbocycles. The fraction of sp³-hybridized carbons (Fsp3) is 0.647. The number of rotatable bonds is 9. The highest BCUT2D eigenvalue weighted by atomic mass is 16.3. The summed E-state index contributed by atoms with van der Waals surface area (Å²) in [5, 5.41) is 9.21. The summed E-state index contributed by atoms with van der Waals surface area (Å²) in [6.07, 6.45) is 4.52. The van der Waals surface area contributed by atoms with Crippen molar-refractivity contribution < 1.29 is 5.11 Å². The summed E-state index contributed by atoms with van der Waals surface area (Å²) in [6, 6.07) is 9.01. The fourth-order valence-corrected chi connectivity index (χ4v) is 2.33. The number of hydrogen-bond donors (Lipinski definition) is 1. The molecule has 0 aliphatic carbocycles. The van der Waals surface area contributed by atoms with E-state index in [1.165, 1.54) is 24.0 Å². The maximum absolute atomic E-state index is 9.21. The van der Waals surface area contributed by atoms with Crippen molar-refractivity contribution in [3.8, 4) is 0 Å². The van der Waals surface area contributed by atoms with Gasteiger partial charge in [-0.05, 0) is 43.4 Å². The molecule has 0 aromatic heterocycles. The zero-order valence-corrected chi connectivity index (χ0v) is 12.7. The lowest BCUT2D eigenvalue weighted by atomic mass is 10.0. The Morgan fingerprint density at radius 2 is 1.63 bits per heavy atom. The van der Waals surface area contributed by atoms with Gasteiger partial charge < -0.3 is 10.0 Å². The quantitative estimate of drug-likeness (QED) is 0.740. The normalized spacial score (nSPS) is 12.9. The second-order valence-corrected chi connectivity index (χ2v) is 5.54. The molecule has 1 N–H and O–H groups in total. The van der Waals surface area contributed by atoms with Crippen LogP contribution in [-0.2, 0) is 12.8 Å². The van der Waals surface area contributed by atoms with E-state index in [4.69, 9.17) is 0 Å². The van der Waals surface area contributed by atoms with Crippen molar-refractivity contribution in [2.45, 2.75) is 39.5 Å². The third kappa shape index (κ3) is 6.22. The van der Waals surface area contributed by atoms with E-state index in [1.54, 1.807) is 0 Å². The van der Waals surface area contributed by atoms with Crippen LogP contribution in [0.25, 0.3) is 0 Å². The van der Waals surface area contributed by atoms with Gasteiger partial charge in [0, 0.05) is 19.7 Å². The van der Waals surface area contributed by atoms with Crippen molar-refractivity contribution in [1.29, 1.82) is 0 Å². The molecule has 1 aromatic carbocycles. The van der Waals surface area contributed by atoms with Gasteiger partial charge in [-0.3, -0.25) is 0 Å². The molecule has 0 bridgehead atoms. The van der Waals surface area contributed by atoms with Crippen LogP contribution in [0.2, 0.25) is 0 Å². The lowest BCUT2D eigenvalue weighted by molar-refractivity contribution is 0.177. The lowest BCUT2D eigenvalue weighted by Gasteiger charge is -2.21. The van der Waals surface area contributed by atoms with Gasteiger partial charge in [0.2, 0.25) is 0 Å². The Labute approximate surface area is 118 Å². The average Bonchev–Trinajstić information content (AvgIpc) is 2.44. The van der Waals surface area contributed by atoms with Gasteiger partial charge in [-0.2, -0.15) is 0 Å². The maximum atomic E-state index is 9.21. The Bertz CT molecular complexity index is 330. The molecule has 1 unspecified atom stereocenters. The molecular formula is C17H29NO. The van der Waals surface area contributed by atoms with Crippen molar-refractivity contribution in [1.82, 2.24) is 4.90 Å². The predicted molar refractivity (Wildman–Crippen MR) is 82.5 cm³/mol. The summed E-state index contributed by atoms with van der Waals surface area (Å²) < 4.78 is 0. The van der Waals surface area contributed by atoms with Gasteiger partial charge in [-0.25, -0.2) is 0 Å². The number of aliphatic hydroxyl groups is 1.